The second-order valence-corrected chi connectivity index (χ2v) is 0. The average Bonchev–Trinajstić information content (AvgIpc) is 0. The first-order valence-corrected chi connectivity index (χ1v) is 0. The Hall–Kier alpha value is 2.14. The summed E-state index contributed by atoms with van der Waals surface area (Å²) in [5.41, 5.74) is 0. The molecule has 0 aromatic rings. The molecule has 5 heteroatoms. The van der Waals surface area contributed by atoms with E-state index in [-0.39, 0.29) is 87.3 Å². The van der Waals surface area contributed by atoms with Crippen LogP contribution in [-0.4, -0.2) is 16.4 Å². The van der Waals surface area contributed by atoms with E-state index >= 15 is 0 Å². The molecule has 5 heavy (non-hydrogen) atoms. The van der Waals surface area contributed by atoms with Crippen LogP contribution in [0.4, 0.5) is 0 Å². The first kappa shape index (κ1) is 58.8. The van der Waals surface area contributed by atoms with E-state index in [1.165, 1.54) is 0 Å². The maximum atomic E-state index is 0. The Morgan fingerprint density at radius 1 is 0.600 bits per heavy atom. The zero-order chi connectivity index (χ0) is 0. The zero-order valence-electron chi connectivity index (χ0n) is 3.05. The van der Waals surface area contributed by atoms with E-state index in [0.29, 0.717) is 0 Å². The third-order valence-corrected chi connectivity index (χ3v) is 0. The van der Waals surface area contributed by atoms with Gasteiger partial charge in [0.25, 0.3) is 0 Å². The monoisotopic (exact) mass is 154 g/mol. The quantitative estimate of drug-likeness (QED) is 0.340. The molecule has 0 aliphatic heterocycles. The van der Waals surface area contributed by atoms with Crippen molar-refractivity contribution in [3.05, 3.63) is 0 Å². The van der Waals surface area contributed by atoms with E-state index in [0.717, 1.165) is 0 Å². The SMILES string of the molecule is [K+].[OH-].[OH-].[OH-].[Zn+2]. The molecule has 0 aliphatic carbocycles. The van der Waals surface area contributed by atoms with Crippen molar-refractivity contribution in [1.82, 2.24) is 0 Å². The van der Waals surface area contributed by atoms with E-state index in [4.69, 9.17) is 0 Å². The fraction of sp³-hybridized carbons (Fsp3) is 0. The van der Waals surface area contributed by atoms with Gasteiger partial charge in [0.1, 0.15) is 0 Å². The molecule has 0 saturated carbocycles. The van der Waals surface area contributed by atoms with E-state index in [1.54, 1.807) is 0 Å². The van der Waals surface area contributed by atoms with Gasteiger partial charge in [-0.3, -0.25) is 0 Å². The molecule has 0 aromatic carbocycles. The number of hydrogen-bond acceptors (Lipinski definition) is 3. The van der Waals surface area contributed by atoms with E-state index in [9.17, 15) is 0 Å². The molecule has 0 rings (SSSR count). The van der Waals surface area contributed by atoms with Crippen LogP contribution >= 0.6 is 0 Å². The first-order chi connectivity index (χ1) is 0. The minimum Gasteiger partial charge on any atom is -0.870 e. The van der Waals surface area contributed by atoms with Gasteiger partial charge in [-0.25, -0.2) is 0 Å². The summed E-state index contributed by atoms with van der Waals surface area (Å²) in [6.07, 6.45) is 0. The molecule has 3 N–H and O–H groups in total. The first-order valence-electron chi connectivity index (χ1n) is 0. The normalized spacial score (nSPS) is 0. The standard InChI is InChI=1S/K.3H2O.Zn/h;3*1H2;/q+1;;;;+2/p-3. The number of hydrogen-bond donors (Lipinski definition) is 0. The van der Waals surface area contributed by atoms with Crippen LogP contribution in [0.1, 0.15) is 0 Å². The Labute approximate surface area is 85.6 Å². The third kappa shape index (κ3) is 23.0. The molecule has 3 nitrogen and oxygen atoms in total. The summed E-state index contributed by atoms with van der Waals surface area (Å²) < 4.78 is 0. The van der Waals surface area contributed by atoms with Gasteiger partial charge in [-0.1, -0.05) is 0 Å². The fourth-order valence-corrected chi connectivity index (χ4v) is 0. The Bertz CT molecular complexity index is 6.85. The fourth-order valence-electron chi connectivity index (χ4n) is 0. The van der Waals surface area contributed by atoms with Crippen LogP contribution in [-0.2, 0) is 19.5 Å². The van der Waals surface area contributed by atoms with Crippen molar-refractivity contribution < 1.29 is 87.3 Å². The summed E-state index contributed by atoms with van der Waals surface area (Å²) in [6, 6.07) is 0. The molecule has 0 aromatic heterocycles. The minimum atomic E-state index is 0. The van der Waals surface area contributed by atoms with E-state index in [2.05, 4.69) is 0 Å². The van der Waals surface area contributed by atoms with E-state index in [1.807, 2.05) is 0 Å². The number of rotatable bonds is 0. The molecule has 0 bridgehead atoms. The molecule has 24 valence electrons. The predicted molar refractivity (Wildman–Crippen MR) is 5.81 cm³/mol. The Kier molecular flexibility index (Phi) is 416. The molecule has 0 radical (unpaired) electrons. The van der Waals surface area contributed by atoms with Gasteiger partial charge in [0.05, 0.1) is 0 Å². The largest absolute Gasteiger partial charge is 2.00 e. The molecular weight excluding hydrogens is 152 g/mol. The van der Waals surface area contributed by atoms with Crippen LogP contribution in [0.2, 0.25) is 0 Å². The molecule has 0 heterocycles. The van der Waals surface area contributed by atoms with Crippen LogP contribution in [0, 0.1) is 0 Å². The maximum absolute atomic E-state index is 0. The molecule has 0 atom stereocenters. The Morgan fingerprint density at radius 3 is 0.600 bits per heavy atom. The summed E-state index contributed by atoms with van der Waals surface area (Å²) in [5, 5.41) is 0. The smallest absolute Gasteiger partial charge is 0.870 e. The Balaban J connectivity index is 0. The van der Waals surface area contributed by atoms with Crippen molar-refractivity contribution in [2.45, 2.75) is 0 Å². The van der Waals surface area contributed by atoms with Crippen molar-refractivity contribution in [1.29, 1.82) is 0 Å². The predicted octanol–water partition coefficient (Wildman–Crippen LogP) is -3.53. The third-order valence-electron chi connectivity index (χ3n) is 0. The second-order valence-electron chi connectivity index (χ2n) is 0. The van der Waals surface area contributed by atoms with Crippen molar-refractivity contribution in [2.24, 2.45) is 0 Å². The van der Waals surface area contributed by atoms with Gasteiger partial charge in [0.15, 0.2) is 0 Å². The van der Waals surface area contributed by atoms with Gasteiger partial charge in [-0.05, 0) is 0 Å². The van der Waals surface area contributed by atoms with E-state index < -0.39 is 0 Å². The van der Waals surface area contributed by atoms with Gasteiger partial charge >= 0.3 is 70.9 Å². The van der Waals surface area contributed by atoms with Crippen molar-refractivity contribution >= 4 is 0 Å². The van der Waals surface area contributed by atoms with Crippen molar-refractivity contribution in [3.8, 4) is 0 Å². The van der Waals surface area contributed by atoms with Crippen LogP contribution in [0.3, 0.4) is 0 Å². The van der Waals surface area contributed by atoms with Crippen LogP contribution < -0.4 is 51.4 Å². The van der Waals surface area contributed by atoms with Crippen molar-refractivity contribution in [2.75, 3.05) is 0 Å². The van der Waals surface area contributed by atoms with Gasteiger partial charge in [0.2, 0.25) is 0 Å². The maximum Gasteiger partial charge on any atom is 2.00 e. The molecule has 0 unspecified atom stereocenters. The molecule has 0 amide bonds. The van der Waals surface area contributed by atoms with Gasteiger partial charge in [-0.2, -0.15) is 0 Å². The molecule has 0 spiro atoms. The molecular formula is H3KO3Zn. The average molecular weight is 156 g/mol. The molecule has 0 aliphatic rings. The van der Waals surface area contributed by atoms with Crippen LogP contribution in [0.5, 0.6) is 0 Å². The summed E-state index contributed by atoms with van der Waals surface area (Å²) in [5.74, 6) is 0. The molecule has 0 fully saturated rings. The van der Waals surface area contributed by atoms with Gasteiger partial charge in [-0.15, -0.1) is 0 Å². The summed E-state index contributed by atoms with van der Waals surface area (Å²) in [6.45, 7) is 0. The topological polar surface area (TPSA) is 90.0 Å². The van der Waals surface area contributed by atoms with Crippen LogP contribution in [0.25, 0.3) is 0 Å². The zero-order valence-corrected chi connectivity index (χ0v) is 9.14. The second kappa shape index (κ2) is 35.4. The Morgan fingerprint density at radius 2 is 0.600 bits per heavy atom. The van der Waals surface area contributed by atoms with Crippen LogP contribution in [0.15, 0.2) is 0 Å². The molecule has 0 saturated heterocycles. The summed E-state index contributed by atoms with van der Waals surface area (Å²) in [7, 11) is 0. The summed E-state index contributed by atoms with van der Waals surface area (Å²) in [4.78, 5) is 0. The van der Waals surface area contributed by atoms with Gasteiger partial charge in [0, 0.05) is 0 Å². The van der Waals surface area contributed by atoms with Crippen molar-refractivity contribution in [3.63, 3.8) is 0 Å². The van der Waals surface area contributed by atoms with Gasteiger partial charge < -0.3 is 16.4 Å². The summed E-state index contributed by atoms with van der Waals surface area (Å²) >= 11 is 0. The minimum absolute atomic E-state index is 0.